The summed E-state index contributed by atoms with van der Waals surface area (Å²) in [4.78, 5) is 0. The van der Waals surface area contributed by atoms with Crippen molar-refractivity contribution in [3.63, 3.8) is 0 Å². The second-order valence-corrected chi connectivity index (χ2v) is 12.7. The Kier molecular flexibility index (Phi) is 9.54. The van der Waals surface area contributed by atoms with Crippen molar-refractivity contribution in [3.8, 4) is 0 Å². The molecule has 0 aromatic heterocycles. The summed E-state index contributed by atoms with van der Waals surface area (Å²) in [7, 11) is 0. The van der Waals surface area contributed by atoms with Crippen LogP contribution < -0.4 is 10.6 Å². The van der Waals surface area contributed by atoms with Crippen LogP contribution >= 0.6 is 0 Å². The van der Waals surface area contributed by atoms with Crippen molar-refractivity contribution < 1.29 is 0 Å². The summed E-state index contributed by atoms with van der Waals surface area (Å²) in [5, 5.41) is 7.77. The second-order valence-electron chi connectivity index (χ2n) is 12.7. The van der Waals surface area contributed by atoms with E-state index >= 15 is 0 Å². The van der Waals surface area contributed by atoms with Gasteiger partial charge in [-0.15, -0.1) is 0 Å². The fourth-order valence-electron chi connectivity index (χ4n) is 6.28. The van der Waals surface area contributed by atoms with Crippen molar-refractivity contribution in [3.05, 3.63) is 0 Å². The molecule has 2 fully saturated rings. The van der Waals surface area contributed by atoms with E-state index in [1.807, 2.05) is 0 Å². The largest absolute Gasteiger partial charge is 0.309 e. The van der Waals surface area contributed by atoms with Crippen molar-refractivity contribution in [2.45, 2.75) is 149 Å². The number of unbranched alkanes of at least 4 members (excludes halogenated alkanes) is 4. The van der Waals surface area contributed by atoms with Gasteiger partial charge in [0.05, 0.1) is 0 Å². The van der Waals surface area contributed by atoms with Gasteiger partial charge in [0.1, 0.15) is 0 Å². The van der Waals surface area contributed by atoms with Crippen molar-refractivity contribution in [2.24, 2.45) is 23.7 Å². The zero-order chi connectivity index (χ0) is 21.7. The van der Waals surface area contributed by atoms with E-state index in [1.54, 1.807) is 0 Å². The Bertz CT molecular complexity index is 423. The summed E-state index contributed by atoms with van der Waals surface area (Å²) < 4.78 is 0. The average molecular weight is 407 g/mol. The van der Waals surface area contributed by atoms with Crippen LogP contribution in [-0.2, 0) is 0 Å². The lowest BCUT2D eigenvalue weighted by Gasteiger charge is -2.43. The fraction of sp³-hybridized carbons (Fsp3) is 1.00. The Morgan fingerprint density at radius 2 is 0.966 bits per heavy atom. The van der Waals surface area contributed by atoms with Crippen LogP contribution in [0.3, 0.4) is 0 Å². The van der Waals surface area contributed by atoms with Gasteiger partial charge in [0, 0.05) is 23.2 Å². The van der Waals surface area contributed by atoms with E-state index in [9.17, 15) is 0 Å². The molecule has 4 atom stereocenters. The van der Waals surface area contributed by atoms with Gasteiger partial charge >= 0.3 is 0 Å². The summed E-state index contributed by atoms with van der Waals surface area (Å²) in [6, 6.07) is 1.43. The Morgan fingerprint density at radius 3 is 1.31 bits per heavy atom. The van der Waals surface area contributed by atoms with Crippen LogP contribution in [0.25, 0.3) is 0 Å². The first-order chi connectivity index (χ1) is 13.5. The smallest absolute Gasteiger partial charge is 0.0130 e. The van der Waals surface area contributed by atoms with E-state index in [2.05, 4.69) is 66.0 Å². The zero-order valence-corrected chi connectivity index (χ0v) is 21.2. The molecule has 2 heteroatoms. The SMILES string of the molecule is CC(C)C1CC(CCCCCCCC2CC(C(C)C)NC(C)(C)C2)CC(C)(C)N1. The minimum atomic E-state index is 0.328. The number of piperidine rings is 2. The zero-order valence-electron chi connectivity index (χ0n) is 21.2. The topological polar surface area (TPSA) is 24.1 Å². The summed E-state index contributed by atoms with van der Waals surface area (Å²) in [6.07, 6.45) is 15.6. The van der Waals surface area contributed by atoms with Gasteiger partial charge < -0.3 is 10.6 Å². The highest BCUT2D eigenvalue weighted by Crippen LogP contribution is 2.34. The molecule has 0 spiro atoms. The summed E-state index contributed by atoms with van der Waals surface area (Å²) in [5.41, 5.74) is 0.655. The third-order valence-corrected chi connectivity index (χ3v) is 7.76. The van der Waals surface area contributed by atoms with Gasteiger partial charge in [-0.05, 0) is 77.0 Å². The third kappa shape index (κ3) is 8.90. The molecule has 4 unspecified atom stereocenters. The lowest BCUT2D eigenvalue weighted by molar-refractivity contribution is 0.143. The maximum Gasteiger partial charge on any atom is 0.0130 e. The molecule has 29 heavy (non-hydrogen) atoms. The van der Waals surface area contributed by atoms with Crippen LogP contribution in [-0.4, -0.2) is 23.2 Å². The molecule has 0 saturated carbocycles. The van der Waals surface area contributed by atoms with Gasteiger partial charge in [0.25, 0.3) is 0 Å². The predicted molar refractivity (Wildman–Crippen MR) is 129 cm³/mol. The molecule has 2 saturated heterocycles. The molecule has 0 amide bonds. The first-order valence-corrected chi connectivity index (χ1v) is 13.0. The fourth-order valence-corrected chi connectivity index (χ4v) is 6.28. The Morgan fingerprint density at radius 1 is 0.621 bits per heavy atom. The standard InChI is InChI=1S/C27H54N2/c1-20(2)24-16-22(18-26(5,6)28-24)14-12-10-9-11-13-15-23-17-25(21(3)4)29-27(7,8)19-23/h20-25,28-29H,9-19H2,1-8H3. The van der Waals surface area contributed by atoms with Crippen LogP contribution in [0.15, 0.2) is 0 Å². The first-order valence-electron chi connectivity index (χ1n) is 13.0. The third-order valence-electron chi connectivity index (χ3n) is 7.76. The van der Waals surface area contributed by atoms with Crippen LogP contribution in [0.1, 0.15) is 126 Å². The van der Waals surface area contributed by atoms with Crippen LogP contribution in [0.4, 0.5) is 0 Å². The molecule has 172 valence electrons. The molecule has 0 aromatic carbocycles. The summed E-state index contributed by atoms with van der Waals surface area (Å²) in [6.45, 7) is 19.1. The minimum absolute atomic E-state index is 0.328. The van der Waals surface area contributed by atoms with E-state index in [1.165, 1.54) is 70.6 Å². The molecule has 2 heterocycles. The van der Waals surface area contributed by atoms with E-state index in [0.717, 1.165) is 23.7 Å². The molecule has 0 aromatic rings. The molecular weight excluding hydrogens is 352 g/mol. The van der Waals surface area contributed by atoms with E-state index in [0.29, 0.717) is 23.2 Å². The number of hydrogen-bond donors (Lipinski definition) is 2. The normalized spacial score (nSPS) is 32.1. The van der Waals surface area contributed by atoms with Gasteiger partial charge in [-0.2, -0.15) is 0 Å². The van der Waals surface area contributed by atoms with E-state index in [4.69, 9.17) is 0 Å². The van der Waals surface area contributed by atoms with Crippen molar-refractivity contribution in [2.75, 3.05) is 0 Å². The van der Waals surface area contributed by atoms with Crippen LogP contribution in [0.2, 0.25) is 0 Å². The monoisotopic (exact) mass is 406 g/mol. The molecule has 0 radical (unpaired) electrons. The molecule has 2 nitrogen and oxygen atoms in total. The number of rotatable bonds is 10. The minimum Gasteiger partial charge on any atom is -0.309 e. The molecule has 0 bridgehead atoms. The highest BCUT2D eigenvalue weighted by atomic mass is 15.0. The maximum absolute atomic E-state index is 3.88. The van der Waals surface area contributed by atoms with Gasteiger partial charge in [-0.1, -0.05) is 72.6 Å². The quantitative estimate of drug-likeness (QED) is 0.371. The maximum atomic E-state index is 3.88. The van der Waals surface area contributed by atoms with E-state index in [-0.39, 0.29) is 0 Å². The highest BCUT2D eigenvalue weighted by molar-refractivity contribution is 4.93. The first kappa shape index (κ1) is 25.2. The predicted octanol–water partition coefficient (Wildman–Crippen LogP) is 7.32. The summed E-state index contributed by atoms with van der Waals surface area (Å²) in [5.74, 6) is 3.38. The average Bonchev–Trinajstić information content (AvgIpc) is 2.58. The van der Waals surface area contributed by atoms with Crippen molar-refractivity contribution >= 4 is 0 Å². The van der Waals surface area contributed by atoms with Gasteiger partial charge in [0.2, 0.25) is 0 Å². The van der Waals surface area contributed by atoms with Gasteiger partial charge in [-0.3, -0.25) is 0 Å². The Hall–Kier alpha value is -0.0800. The second kappa shape index (κ2) is 11.0. The van der Waals surface area contributed by atoms with Crippen LogP contribution in [0, 0.1) is 23.7 Å². The van der Waals surface area contributed by atoms with Gasteiger partial charge in [-0.25, -0.2) is 0 Å². The molecule has 2 aliphatic rings. The number of nitrogens with one attached hydrogen (secondary N) is 2. The van der Waals surface area contributed by atoms with Gasteiger partial charge in [0.15, 0.2) is 0 Å². The molecule has 2 N–H and O–H groups in total. The van der Waals surface area contributed by atoms with E-state index < -0.39 is 0 Å². The molecular formula is C27H54N2. The van der Waals surface area contributed by atoms with Crippen molar-refractivity contribution in [1.29, 1.82) is 0 Å². The summed E-state index contributed by atoms with van der Waals surface area (Å²) >= 11 is 0. The lowest BCUT2D eigenvalue weighted by Crippen LogP contribution is -2.54. The van der Waals surface area contributed by atoms with Crippen LogP contribution in [0.5, 0.6) is 0 Å². The molecule has 2 rings (SSSR count). The molecule has 2 aliphatic heterocycles. The Labute approximate surface area is 183 Å². The lowest BCUT2D eigenvalue weighted by atomic mass is 9.76. The number of hydrogen-bond acceptors (Lipinski definition) is 2. The molecule has 0 aliphatic carbocycles. The highest BCUT2D eigenvalue weighted by Gasteiger charge is 2.35. The Balaban J connectivity index is 1.59. The van der Waals surface area contributed by atoms with Crippen molar-refractivity contribution in [1.82, 2.24) is 10.6 Å².